The first kappa shape index (κ1) is 15.9. The van der Waals surface area contributed by atoms with E-state index in [9.17, 15) is 14.9 Å². The van der Waals surface area contributed by atoms with Gasteiger partial charge in [-0.2, -0.15) is 0 Å². The summed E-state index contributed by atoms with van der Waals surface area (Å²) in [4.78, 5) is 21.4. The summed E-state index contributed by atoms with van der Waals surface area (Å²) in [6.45, 7) is 0.581. The molecule has 7 heteroatoms. The van der Waals surface area contributed by atoms with Gasteiger partial charge in [-0.15, -0.1) is 0 Å². The van der Waals surface area contributed by atoms with Crippen LogP contribution in [0.4, 0.5) is 5.69 Å². The molecule has 2 N–H and O–H groups in total. The fraction of sp³-hybridized carbons (Fsp3) is 0.462. The van der Waals surface area contributed by atoms with Gasteiger partial charge in [0.15, 0.2) is 6.61 Å². The van der Waals surface area contributed by atoms with Gasteiger partial charge in [0.25, 0.3) is 11.6 Å². The molecule has 0 aliphatic rings. The molecule has 0 spiro atoms. The first-order chi connectivity index (χ1) is 9.63. The van der Waals surface area contributed by atoms with Gasteiger partial charge in [0.05, 0.1) is 4.92 Å². The van der Waals surface area contributed by atoms with Gasteiger partial charge in [0.1, 0.15) is 5.75 Å². The van der Waals surface area contributed by atoms with Crippen molar-refractivity contribution in [3.63, 3.8) is 0 Å². The predicted molar refractivity (Wildman–Crippen MR) is 72.5 cm³/mol. The molecule has 1 amide bonds. The average Bonchev–Trinajstić information content (AvgIpc) is 2.45. The van der Waals surface area contributed by atoms with Crippen molar-refractivity contribution in [1.29, 1.82) is 0 Å². The second kappa shape index (κ2) is 8.87. The first-order valence-electron chi connectivity index (χ1n) is 6.38. The van der Waals surface area contributed by atoms with E-state index in [1.54, 1.807) is 0 Å². The molecule has 0 unspecified atom stereocenters. The van der Waals surface area contributed by atoms with Crippen molar-refractivity contribution in [2.24, 2.45) is 0 Å². The van der Waals surface area contributed by atoms with E-state index in [1.807, 2.05) is 0 Å². The van der Waals surface area contributed by atoms with Gasteiger partial charge in [-0.3, -0.25) is 14.9 Å². The van der Waals surface area contributed by atoms with Crippen molar-refractivity contribution >= 4 is 11.6 Å². The number of carbonyl (C=O) groups excluding carboxylic acids is 1. The maximum atomic E-state index is 11.4. The van der Waals surface area contributed by atoms with Crippen LogP contribution in [0.25, 0.3) is 0 Å². The molecule has 1 aromatic rings. The van der Waals surface area contributed by atoms with Gasteiger partial charge in [-0.25, -0.2) is 0 Å². The Hall–Kier alpha value is -2.15. The molecule has 0 fully saturated rings. The number of aliphatic hydroxyl groups is 1. The third kappa shape index (κ3) is 6.14. The zero-order valence-electron chi connectivity index (χ0n) is 11.1. The topological polar surface area (TPSA) is 102 Å². The molecule has 7 nitrogen and oxygen atoms in total. The number of nitro benzene ring substituents is 1. The van der Waals surface area contributed by atoms with Gasteiger partial charge in [0, 0.05) is 25.3 Å². The number of hydrogen-bond donors (Lipinski definition) is 2. The summed E-state index contributed by atoms with van der Waals surface area (Å²) in [6.07, 6.45) is 2.40. The predicted octanol–water partition coefficient (Wildman–Crippen LogP) is 1.25. The lowest BCUT2D eigenvalue weighted by atomic mass is 10.2. The van der Waals surface area contributed by atoms with E-state index in [1.165, 1.54) is 24.3 Å². The third-order valence-corrected chi connectivity index (χ3v) is 2.57. The Morgan fingerprint density at radius 2 is 1.95 bits per heavy atom. The van der Waals surface area contributed by atoms with Gasteiger partial charge in [0.2, 0.25) is 0 Å². The Bertz CT molecular complexity index is 433. The molecule has 0 saturated carbocycles. The Morgan fingerprint density at radius 1 is 1.25 bits per heavy atom. The van der Waals surface area contributed by atoms with E-state index in [4.69, 9.17) is 9.84 Å². The number of rotatable bonds is 9. The number of carbonyl (C=O) groups is 1. The lowest BCUT2D eigenvalue weighted by Crippen LogP contribution is -2.29. The van der Waals surface area contributed by atoms with Crippen molar-refractivity contribution in [3.8, 4) is 5.75 Å². The van der Waals surface area contributed by atoms with Crippen molar-refractivity contribution in [1.82, 2.24) is 5.32 Å². The Labute approximate surface area is 116 Å². The zero-order chi connectivity index (χ0) is 14.8. The largest absolute Gasteiger partial charge is 0.484 e. The quantitative estimate of drug-likeness (QED) is 0.403. The molecule has 0 radical (unpaired) electrons. The molecule has 0 aromatic heterocycles. The summed E-state index contributed by atoms with van der Waals surface area (Å²) in [5.41, 5.74) is -0.0225. The normalized spacial score (nSPS) is 10.1. The van der Waals surface area contributed by atoms with Crippen molar-refractivity contribution in [2.45, 2.75) is 19.3 Å². The average molecular weight is 282 g/mol. The summed E-state index contributed by atoms with van der Waals surface area (Å²) in [5.74, 6) is 0.165. The number of amides is 1. The number of hydrogen-bond acceptors (Lipinski definition) is 5. The van der Waals surface area contributed by atoms with Crippen LogP contribution in [-0.2, 0) is 4.79 Å². The second-order valence-electron chi connectivity index (χ2n) is 4.17. The maximum Gasteiger partial charge on any atom is 0.269 e. The summed E-state index contributed by atoms with van der Waals surface area (Å²) in [5, 5.41) is 21.7. The lowest BCUT2D eigenvalue weighted by Gasteiger charge is -2.07. The van der Waals surface area contributed by atoms with Crippen LogP contribution in [0.5, 0.6) is 5.75 Å². The van der Waals surface area contributed by atoms with Gasteiger partial charge in [-0.1, -0.05) is 0 Å². The summed E-state index contributed by atoms with van der Waals surface area (Å²) in [6, 6.07) is 5.55. The molecule has 0 saturated heterocycles. The highest BCUT2D eigenvalue weighted by Crippen LogP contribution is 2.16. The van der Waals surface area contributed by atoms with Crippen LogP contribution in [0, 0.1) is 10.1 Å². The molecule has 20 heavy (non-hydrogen) atoms. The summed E-state index contributed by atoms with van der Waals surface area (Å²) >= 11 is 0. The number of unbranched alkanes of at least 4 members (excludes halogenated alkanes) is 2. The highest BCUT2D eigenvalue weighted by molar-refractivity contribution is 5.77. The summed E-state index contributed by atoms with van der Waals surface area (Å²) < 4.78 is 5.21. The minimum Gasteiger partial charge on any atom is -0.484 e. The number of non-ortho nitro benzene ring substituents is 1. The van der Waals surface area contributed by atoms with E-state index < -0.39 is 4.92 Å². The minimum absolute atomic E-state index is 0.0225. The maximum absolute atomic E-state index is 11.4. The van der Waals surface area contributed by atoms with Crippen molar-refractivity contribution in [3.05, 3.63) is 34.4 Å². The molecule has 0 heterocycles. The molecule has 110 valence electrons. The molecular formula is C13H18N2O5. The van der Waals surface area contributed by atoms with E-state index in [0.717, 1.165) is 19.3 Å². The Balaban J connectivity index is 2.22. The molecule has 1 rings (SSSR count). The number of aliphatic hydroxyl groups excluding tert-OH is 1. The molecule has 0 aliphatic carbocycles. The highest BCUT2D eigenvalue weighted by Gasteiger charge is 2.06. The van der Waals surface area contributed by atoms with Crippen LogP contribution < -0.4 is 10.1 Å². The molecule has 0 bridgehead atoms. The number of ether oxygens (including phenoxy) is 1. The number of nitrogens with zero attached hydrogens (tertiary/aromatic N) is 1. The van der Waals surface area contributed by atoms with Crippen molar-refractivity contribution in [2.75, 3.05) is 19.8 Å². The minimum atomic E-state index is -0.497. The number of benzene rings is 1. The first-order valence-corrected chi connectivity index (χ1v) is 6.38. The van der Waals surface area contributed by atoms with Gasteiger partial charge < -0.3 is 15.2 Å². The van der Waals surface area contributed by atoms with Gasteiger partial charge in [-0.05, 0) is 31.4 Å². The van der Waals surface area contributed by atoms with Crippen LogP contribution in [-0.4, -0.2) is 35.7 Å². The van der Waals surface area contributed by atoms with E-state index in [-0.39, 0.29) is 24.8 Å². The Kier molecular flexibility index (Phi) is 7.05. The number of nitrogens with one attached hydrogen (secondary N) is 1. The molecule has 0 aliphatic heterocycles. The Morgan fingerprint density at radius 3 is 2.55 bits per heavy atom. The van der Waals surface area contributed by atoms with E-state index in [2.05, 4.69) is 5.32 Å². The molecular weight excluding hydrogens is 264 g/mol. The van der Waals surface area contributed by atoms with Crippen LogP contribution in [0.1, 0.15) is 19.3 Å². The fourth-order valence-corrected chi connectivity index (χ4v) is 1.51. The lowest BCUT2D eigenvalue weighted by molar-refractivity contribution is -0.384. The van der Waals surface area contributed by atoms with Gasteiger partial charge >= 0.3 is 0 Å². The second-order valence-corrected chi connectivity index (χ2v) is 4.17. The monoisotopic (exact) mass is 282 g/mol. The standard InChI is InChI=1S/C13H18N2O5/c16-9-3-1-2-8-14-13(17)10-20-12-6-4-11(5-7-12)15(18)19/h4-7,16H,1-3,8-10H2,(H,14,17). The fourth-order valence-electron chi connectivity index (χ4n) is 1.51. The van der Waals surface area contributed by atoms with Crippen molar-refractivity contribution < 1.29 is 19.6 Å². The summed E-state index contributed by atoms with van der Waals surface area (Å²) in [7, 11) is 0. The molecule has 1 aromatic carbocycles. The number of nitro groups is 1. The van der Waals surface area contributed by atoms with Crippen LogP contribution in [0.3, 0.4) is 0 Å². The molecule has 0 atom stereocenters. The van der Waals surface area contributed by atoms with Crippen LogP contribution >= 0.6 is 0 Å². The third-order valence-electron chi connectivity index (χ3n) is 2.57. The SMILES string of the molecule is O=C(COc1ccc([N+](=O)[O-])cc1)NCCCCCO. The van der Waals surface area contributed by atoms with E-state index in [0.29, 0.717) is 12.3 Å². The van der Waals surface area contributed by atoms with E-state index >= 15 is 0 Å². The smallest absolute Gasteiger partial charge is 0.269 e. The van der Waals surface area contributed by atoms with Crippen LogP contribution in [0.15, 0.2) is 24.3 Å². The zero-order valence-corrected chi connectivity index (χ0v) is 11.1. The van der Waals surface area contributed by atoms with Crippen LogP contribution in [0.2, 0.25) is 0 Å². The highest BCUT2D eigenvalue weighted by atomic mass is 16.6.